The summed E-state index contributed by atoms with van der Waals surface area (Å²) in [7, 11) is 0. The maximum absolute atomic E-state index is 12.9. The van der Waals surface area contributed by atoms with Gasteiger partial charge in [0.1, 0.15) is 17.3 Å². The Labute approximate surface area is 225 Å². The van der Waals surface area contributed by atoms with Crippen molar-refractivity contribution in [2.45, 2.75) is 45.1 Å². The minimum Gasteiger partial charge on any atom is -0.369 e. The molecule has 9 heteroatoms. The van der Waals surface area contributed by atoms with E-state index in [0.717, 1.165) is 80.7 Å². The molecule has 0 bridgehead atoms. The van der Waals surface area contributed by atoms with Gasteiger partial charge in [0.15, 0.2) is 0 Å². The van der Waals surface area contributed by atoms with E-state index in [1.807, 2.05) is 42.7 Å². The van der Waals surface area contributed by atoms with Crippen molar-refractivity contribution in [3.05, 3.63) is 66.2 Å². The third-order valence-electron chi connectivity index (χ3n) is 7.21. The molecule has 0 spiro atoms. The summed E-state index contributed by atoms with van der Waals surface area (Å²) in [6, 6.07) is 12.0. The number of anilines is 4. The number of carbonyl (C=O) groups excluding carboxylic acids is 1. The van der Waals surface area contributed by atoms with Gasteiger partial charge in [0.25, 0.3) is 5.91 Å². The highest BCUT2D eigenvalue weighted by Crippen LogP contribution is 2.25. The zero-order chi connectivity index (χ0) is 26.5. The second-order valence-electron chi connectivity index (χ2n) is 11.1. The van der Waals surface area contributed by atoms with E-state index in [9.17, 15) is 4.79 Å². The predicted molar refractivity (Wildman–Crippen MR) is 152 cm³/mol. The first-order valence-corrected chi connectivity index (χ1v) is 13.5. The van der Waals surface area contributed by atoms with E-state index < -0.39 is 0 Å². The number of rotatable bonds is 6. The van der Waals surface area contributed by atoms with Gasteiger partial charge in [-0.25, -0.2) is 9.97 Å². The Hall–Kier alpha value is -3.72. The summed E-state index contributed by atoms with van der Waals surface area (Å²) in [5, 5.41) is 9.90. The molecule has 9 nitrogen and oxygen atoms in total. The van der Waals surface area contributed by atoms with Gasteiger partial charge in [0.05, 0.1) is 11.9 Å². The van der Waals surface area contributed by atoms with Gasteiger partial charge in [-0.05, 0) is 48.1 Å². The number of piperidine rings is 1. The van der Waals surface area contributed by atoms with Gasteiger partial charge in [-0.2, -0.15) is 0 Å². The number of amides is 1. The molecule has 2 fully saturated rings. The topological polar surface area (TPSA) is 98.3 Å². The number of nitrogens with zero attached hydrogens (tertiary/aromatic N) is 5. The van der Waals surface area contributed by atoms with Crippen LogP contribution in [0, 0.1) is 0 Å². The van der Waals surface area contributed by atoms with Gasteiger partial charge in [0, 0.05) is 69.5 Å². The molecule has 38 heavy (non-hydrogen) atoms. The quantitative estimate of drug-likeness (QED) is 0.458. The lowest BCUT2D eigenvalue weighted by Gasteiger charge is -2.34. The van der Waals surface area contributed by atoms with Crippen molar-refractivity contribution in [1.29, 1.82) is 0 Å². The number of hydrogen-bond acceptors (Lipinski definition) is 8. The van der Waals surface area contributed by atoms with Crippen LogP contribution < -0.4 is 25.8 Å². The summed E-state index contributed by atoms with van der Waals surface area (Å²) >= 11 is 0. The van der Waals surface area contributed by atoms with Crippen molar-refractivity contribution < 1.29 is 4.79 Å². The smallest absolute Gasteiger partial charge is 0.270 e. The minimum atomic E-state index is -0.121. The number of nitrogens with one attached hydrogen (secondary N) is 3. The molecule has 2 saturated heterocycles. The van der Waals surface area contributed by atoms with Crippen molar-refractivity contribution in [2.24, 2.45) is 0 Å². The molecule has 5 heterocycles. The molecular formula is C29H38N8O. The van der Waals surface area contributed by atoms with Crippen LogP contribution in [0.2, 0.25) is 0 Å². The Kier molecular flexibility index (Phi) is 7.74. The predicted octanol–water partition coefficient (Wildman–Crippen LogP) is 3.72. The number of aromatic nitrogens is 3. The van der Waals surface area contributed by atoms with Crippen LogP contribution in [0.5, 0.6) is 0 Å². The second-order valence-corrected chi connectivity index (χ2v) is 11.1. The summed E-state index contributed by atoms with van der Waals surface area (Å²) in [6.07, 6.45) is 7.49. The van der Waals surface area contributed by atoms with Crippen LogP contribution in [0.3, 0.4) is 0 Å². The van der Waals surface area contributed by atoms with Crippen molar-refractivity contribution in [3.8, 4) is 0 Å². The van der Waals surface area contributed by atoms with Crippen LogP contribution in [0.15, 0.2) is 55.0 Å². The Morgan fingerprint density at radius 2 is 1.76 bits per heavy atom. The van der Waals surface area contributed by atoms with Gasteiger partial charge in [-0.3, -0.25) is 9.78 Å². The van der Waals surface area contributed by atoms with Gasteiger partial charge in [0.2, 0.25) is 0 Å². The Morgan fingerprint density at radius 1 is 0.921 bits per heavy atom. The van der Waals surface area contributed by atoms with Crippen LogP contribution in [-0.4, -0.2) is 66.2 Å². The third-order valence-corrected chi connectivity index (χ3v) is 7.21. The summed E-state index contributed by atoms with van der Waals surface area (Å²) in [5.41, 5.74) is 3.80. The largest absolute Gasteiger partial charge is 0.369 e. The maximum Gasteiger partial charge on any atom is 0.270 e. The molecule has 3 N–H and O–H groups in total. The zero-order valence-corrected chi connectivity index (χ0v) is 22.6. The average molecular weight is 515 g/mol. The highest BCUT2D eigenvalue weighted by atomic mass is 16.1. The van der Waals surface area contributed by atoms with E-state index in [2.05, 4.69) is 67.5 Å². The van der Waals surface area contributed by atoms with E-state index in [1.165, 1.54) is 0 Å². The second kappa shape index (κ2) is 11.3. The first kappa shape index (κ1) is 25.9. The minimum absolute atomic E-state index is 0.00857. The van der Waals surface area contributed by atoms with Crippen LogP contribution in [0.25, 0.3) is 0 Å². The molecule has 200 valence electrons. The van der Waals surface area contributed by atoms with E-state index in [1.54, 1.807) is 6.20 Å². The number of piperazine rings is 1. The molecule has 1 amide bonds. The molecular weight excluding hydrogens is 476 g/mol. The van der Waals surface area contributed by atoms with E-state index in [0.29, 0.717) is 5.69 Å². The zero-order valence-electron chi connectivity index (χ0n) is 22.6. The number of carbonyl (C=O) groups is 1. The molecule has 3 aromatic heterocycles. The molecule has 5 rings (SSSR count). The Morgan fingerprint density at radius 3 is 2.47 bits per heavy atom. The molecule has 2 aliphatic heterocycles. The van der Waals surface area contributed by atoms with Crippen molar-refractivity contribution in [2.75, 3.05) is 54.4 Å². The molecule has 0 unspecified atom stereocenters. The van der Waals surface area contributed by atoms with E-state index in [-0.39, 0.29) is 17.4 Å². The summed E-state index contributed by atoms with van der Waals surface area (Å²) in [6.45, 7) is 12.1. The highest BCUT2D eigenvalue weighted by Gasteiger charge is 2.23. The summed E-state index contributed by atoms with van der Waals surface area (Å²) in [5.74, 6) is 1.39. The lowest BCUT2D eigenvalue weighted by atomic mass is 9.88. The Bertz CT molecular complexity index is 1220. The van der Waals surface area contributed by atoms with Crippen molar-refractivity contribution in [1.82, 2.24) is 25.6 Å². The fourth-order valence-electron chi connectivity index (χ4n) is 4.95. The lowest BCUT2D eigenvalue weighted by Crippen LogP contribution is -2.48. The van der Waals surface area contributed by atoms with Crippen LogP contribution in [0.4, 0.5) is 23.0 Å². The molecule has 0 aromatic carbocycles. The first-order chi connectivity index (χ1) is 18.3. The SMILES string of the molecule is CC(C)(C)c1ccc(C(=O)N[C@H]2CCCN(c3ccnc(Nc4ccc(N5CCNCC5)cn4)c3)C2)nc1. The number of hydrogen-bond donors (Lipinski definition) is 3. The third kappa shape index (κ3) is 6.39. The molecule has 2 aliphatic rings. The standard InChI is InChI=1S/C29H38N8O/c1-29(2,3)21-6-8-25(32-18-21)28(38)34-22-5-4-14-37(20-22)23-10-11-31-27(17-23)35-26-9-7-24(19-33-26)36-15-12-30-13-16-36/h6-11,17-19,22,30H,4-5,12-16,20H2,1-3H3,(H,34,38)(H,31,33,35)/t22-/m0/s1. The van der Waals surface area contributed by atoms with Gasteiger partial charge < -0.3 is 25.8 Å². The first-order valence-electron chi connectivity index (χ1n) is 13.5. The summed E-state index contributed by atoms with van der Waals surface area (Å²) in [4.78, 5) is 31.0. The van der Waals surface area contributed by atoms with Gasteiger partial charge in [-0.1, -0.05) is 26.8 Å². The number of pyridine rings is 3. The molecule has 0 aliphatic carbocycles. The van der Waals surface area contributed by atoms with Crippen LogP contribution in [0.1, 0.15) is 49.7 Å². The van der Waals surface area contributed by atoms with Crippen LogP contribution >= 0.6 is 0 Å². The van der Waals surface area contributed by atoms with Crippen LogP contribution in [-0.2, 0) is 5.41 Å². The molecule has 1 atom stereocenters. The maximum atomic E-state index is 12.9. The monoisotopic (exact) mass is 514 g/mol. The van der Waals surface area contributed by atoms with Gasteiger partial charge in [-0.15, -0.1) is 0 Å². The lowest BCUT2D eigenvalue weighted by molar-refractivity contribution is 0.0928. The molecule has 3 aromatic rings. The van der Waals surface area contributed by atoms with Crippen molar-refractivity contribution >= 4 is 28.9 Å². The fourth-order valence-corrected chi connectivity index (χ4v) is 4.95. The normalized spacial score (nSPS) is 18.2. The summed E-state index contributed by atoms with van der Waals surface area (Å²) < 4.78 is 0. The molecule has 0 radical (unpaired) electrons. The van der Waals surface area contributed by atoms with Gasteiger partial charge >= 0.3 is 0 Å². The van der Waals surface area contributed by atoms with E-state index in [4.69, 9.17) is 0 Å². The molecule has 0 saturated carbocycles. The fraction of sp³-hybridized carbons (Fsp3) is 0.448. The highest BCUT2D eigenvalue weighted by molar-refractivity contribution is 5.92. The van der Waals surface area contributed by atoms with Crippen molar-refractivity contribution in [3.63, 3.8) is 0 Å². The average Bonchev–Trinajstić information content (AvgIpc) is 2.94. The van der Waals surface area contributed by atoms with E-state index >= 15 is 0 Å². The Balaban J connectivity index is 1.19.